The Hall–Kier alpha value is -3.11. The fourth-order valence-electron chi connectivity index (χ4n) is 3.90. The van der Waals surface area contributed by atoms with E-state index in [1.807, 2.05) is 6.92 Å². The zero-order valence-electron chi connectivity index (χ0n) is 16.4. The van der Waals surface area contributed by atoms with Crippen LogP contribution in [0.3, 0.4) is 0 Å². The van der Waals surface area contributed by atoms with Gasteiger partial charge in [0, 0.05) is 24.6 Å². The number of benzene rings is 1. The van der Waals surface area contributed by atoms with Crippen molar-refractivity contribution in [2.45, 2.75) is 32.1 Å². The summed E-state index contributed by atoms with van der Waals surface area (Å²) in [6.07, 6.45) is -4.08. The topological polar surface area (TPSA) is 63.4 Å². The molecule has 0 bridgehead atoms. The van der Waals surface area contributed by atoms with Crippen LogP contribution in [-0.4, -0.2) is 43.5 Å². The molecule has 0 radical (unpaired) electrons. The van der Waals surface area contributed by atoms with E-state index in [1.54, 1.807) is 0 Å². The zero-order chi connectivity index (χ0) is 22.3. The number of piperidine rings is 1. The minimum atomic E-state index is -3.05. The largest absolute Gasteiger partial charge is 0.338 e. The van der Waals surface area contributed by atoms with Gasteiger partial charge in [0.25, 0.3) is 24.5 Å². The fourth-order valence-corrected chi connectivity index (χ4v) is 3.90. The molecule has 2 aromatic heterocycles. The van der Waals surface area contributed by atoms with Crippen molar-refractivity contribution in [3.63, 3.8) is 0 Å². The van der Waals surface area contributed by atoms with Gasteiger partial charge >= 0.3 is 0 Å². The molecule has 3 heterocycles. The molecule has 0 saturated carbocycles. The SMILES string of the molecule is C[C@@H]1CCN(C(=O)c2ccc(F)c(C(F)F)c2)C[C@H]1c1cc(C(F)F)nc2ncnn12. The predicted molar refractivity (Wildman–Crippen MR) is 99.5 cm³/mol. The summed E-state index contributed by atoms with van der Waals surface area (Å²) < 4.78 is 67.7. The monoisotopic (exact) mass is 439 g/mol. The molecule has 1 amide bonds. The van der Waals surface area contributed by atoms with Crippen molar-refractivity contribution < 1.29 is 26.7 Å². The second kappa shape index (κ2) is 8.20. The molecule has 0 N–H and O–H groups in total. The van der Waals surface area contributed by atoms with Crippen LogP contribution in [0.2, 0.25) is 0 Å². The van der Waals surface area contributed by atoms with Gasteiger partial charge in [0.05, 0.1) is 11.3 Å². The molecule has 1 aromatic carbocycles. The number of carbonyl (C=O) groups excluding carboxylic acids is 1. The molecule has 11 heteroatoms. The Morgan fingerprint density at radius 1 is 1.16 bits per heavy atom. The van der Waals surface area contributed by atoms with Gasteiger partial charge < -0.3 is 4.90 Å². The first-order valence-corrected chi connectivity index (χ1v) is 9.62. The quantitative estimate of drug-likeness (QED) is 0.566. The van der Waals surface area contributed by atoms with Crippen molar-refractivity contribution >= 4 is 11.7 Å². The van der Waals surface area contributed by atoms with Crippen LogP contribution in [0.1, 0.15) is 59.4 Å². The molecule has 31 heavy (non-hydrogen) atoms. The first kappa shape index (κ1) is 21.1. The third-order valence-corrected chi connectivity index (χ3v) is 5.63. The molecular weight excluding hydrogens is 421 g/mol. The lowest BCUT2D eigenvalue weighted by Crippen LogP contribution is -2.42. The molecule has 6 nitrogen and oxygen atoms in total. The van der Waals surface area contributed by atoms with Gasteiger partial charge in [0.2, 0.25) is 0 Å². The minimum Gasteiger partial charge on any atom is -0.338 e. The number of hydrogen-bond donors (Lipinski definition) is 0. The molecule has 1 fully saturated rings. The standard InChI is InChI=1S/C20H18F5N5O/c1-10-4-5-29(19(31)11-2-3-14(21)12(6-11)17(22)23)8-13(10)16-7-15(18(24)25)28-20-26-9-27-30(16)20/h2-3,6-7,9-10,13,17-18H,4-5,8H2,1H3/t10-,13-/m1/s1. The summed E-state index contributed by atoms with van der Waals surface area (Å²) >= 11 is 0. The molecule has 3 aromatic rings. The Balaban J connectivity index is 1.67. The first-order valence-electron chi connectivity index (χ1n) is 9.62. The average molecular weight is 439 g/mol. The molecule has 4 rings (SSSR count). The third-order valence-electron chi connectivity index (χ3n) is 5.63. The lowest BCUT2D eigenvalue weighted by molar-refractivity contribution is 0.0664. The highest BCUT2D eigenvalue weighted by molar-refractivity contribution is 5.94. The van der Waals surface area contributed by atoms with Gasteiger partial charge in [-0.1, -0.05) is 6.92 Å². The van der Waals surface area contributed by atoms with Crippen LogP contribution in [0, 0.1) is 11.7 Å². The minimum absolute atomic E-state index is 0.0224. The number of nitrogens with zero attached hydrogens (tertiary/aromatic N) is 5. The molecular formula is C20H18F5N5O. The number of rotatable bonds is 4. The summed E-state index contributed by atoms with van der Waals surface area (Å²) in [5.41, 5.74) is -0.895. The Labute approximate surface area is 173 Å². The number of halogens is 5. The van der Waals surface area contributed by atoms with E-state index in [0.29, 0.717) is 18.7 Å². The van der Waals surface area contributed by atoms with E-state index in [1.165, 1.54) is 21.8 Å². The summed E-state index contributed by atoms with van der Waals surface area (Å²) in [5, 5.41) is 4.07. The van der Waals surface area contributed by atoms with Crippen molar-refractivity contribution in [3.8, 4) is 0 Å². The van der Waals surface area contributed by atoms with Gasteiger partial charge in [0.15, 0.2) is 0 Å². The molecule has 0 unspecified atom stereocenters. The molecule has 2 atom stereocenters. The first-order chi connectivity index (χ1) is 14.8. The van der Waals surface area contributed by atoms with Crippen LogP contribution in [0.5, 0.6) is 0 Å². The molecule has 0 aliphatic carbocycles. The van der Waals surface area contributed by atoms with Crippen molar-refractivity contribution in [2.24, 2.45) is 5.92 Å². The van der Waals surface area contributed by atoms with Crippen molar-refractivity contribution in [3.05, 3.63) is 58.9 Å². The highest BCUT2D eigenvalue weighted by Gasteiger charge is 2.33. The van der Waals surface area contributed by atoms with Crippen LogP contribution >= 0.6 is 0 Å². The fraction of sp³-hybridized carbons (Fsp3) is 0.400. The zero-order valence-corrected chi connectivity index (χ0v) is 16.4. The van der Waals surface area contributed by atoms with E-state index in [2.05, 4.69) is 15.1 Å². The van der Waals surface area contributed by atoms with Gasteiger partial charge in [-0.25, -0.2) is 31.5 Å². The van der Waals surface area contributed by atoms with E-state index in [9.17, 15) is 26.7 Å². The van der Waals surface area contributed by atoms with E-state index in [0.717, 1.165) is 18.2 Å². The second-order valence-electron chi connectivity index (χ2n) is 7.54. The van der Waals surface area contributed by atoms with Gasteiger partial charge in [-0.15, -0.1) is 0 Å². The van der Waals surface area contributed by atoms with Crippen LogP contribution in [-0.2, 0) is 0 Å². The van der Waals surface area contributed by atoms with Gasteiger partial charge in [-0.05, 0) is 36.6 Å². The van der Waals surface area contributed by atoms with E-state index >= 15 is 0 Å². The number of likely N-dealkylation sites (tertiary alicyclic amines) is 1. The summed E-state index contributed by atoms with van der Waals surface area (Å²) in [6.45, 7) is 2.44. The third kappa shape index (κ3) is 3.96. The second-order valence-corrected chi connectivity index (χ2v) is 7.54. The van der Waals surface area contributed by atoms with E-state index in [-0.39, 0.29) is 29.7 Å². The van der Waals surface area contributed by atoms with Crippen LogP contribution in [0.4, 0.5) is 22.0 Å². The molecule has 1 aliphatic heterocycles. The van der Waals surface area contributed by atoms with Gasteiger partial charge in [-0.3, -0.25) is 4.79 Å². The number of amides is 1. The van der Waals surface area contributed by atoms with Crippen LogP contribution in [0.25, 0.3) is 5.78 Å². The summed E-state index contributed by atoms with van der Waals surface area (Å²) in [5.74, 6) is -1.92. The smallest absolute Gasteiger partial charge is 0.280 e. The summed E-state index contributed by atoms with van der Waals surface area (Å²) in [4.78, 5) is 22.1. The number of carbonyl (C=O) groups is 1. The Kier molecular flexibility index (Phi) is 5.59. The van der Waals surface area contributed by atoms with E-state index < -0.39 is 35.8 Å². The van der Waals surface area contributed by atoms with Gasteiger partial charge in [0.1, 0.15) is 17.8 Å². The summed E-state index contributed by atoms with van der Waals surface area (Å²) in [7, 11) is 0. The Morgan fingerprint density at radius 2 is 1.94 bits per heavy atom. The predicted octanol–water partition coefficient (Wildman–Crippen LogP) is 4.40. The van der Waals surface area contributed by atoms with Crippen LogP contribution < -0.4 is 0 Å². The van der Waals surface area contributed by atoms with Gasteiger partial charge in [-0.2, -0.15) is 10.1 Å². The maximum absolute atomic E-state index is 13.6. The van der Waals surface area contributed by atoms with Crippen molar-refractivity contribution in [2.75, 3.05) is 13.1 Å². The van der Waals surface area contributed by atoms with Crippen molar-refractivity contribution in [1.29, 1.82) is 0 Å². The number of fused-ring (bicyclic) bond motifs is 1. The average Bonchev–Trinajstić information content (AvgIpc) is 3.22. The van der Waals surface area contributed by atoms with Crippen LogP contribution in [0.15, 0.2) is 30.6 Å². The Bertz CT molecular complexity index is 1120. The van der Waals surface area contributed by atoms with Crippen molar-refractivity contribution in [1.82, 2.24) is 24.5 Å². The number of hydrogen-bond acceptors (Lipinski definition) is 4. The van der Waals surface area contributed by atoms with E-state index in [4.69, 9.17) is 0 Å². The molecule has 164 valence electrons. The molecule has 1 saturated heterocycles. The number of alkyl halides is 4. The molecule has 0 spiro atoms. The lowest BCUT2D eigenvalue weighted by Gasteiger charge is -2.37. The molecule has 1 aliphatic rings. The maximum Gasteiger partial charge on any atom is 0.280 e. The summed E-state index contributed by atoms with van der Waals surface area (Å²) in [6, 6.07) is 4.11. The highest BCUT2D eigenvalue weighted by Crippen LogP contribution is 2.34. The lowest BCUT2D eigenvalue weighted by atomic mass is 9.84. The normalized spacial score (nSPS) is 19.5. The highest BCUT2D eigenvalue weighted by atomic mass is 19.3. The Morgan fingerprint density at radius 3 is 2.65 bits per heavy atom. The number of aromatic nitrogens is 4. The maximum atomic E-state index is 13.6.